The molecule has 2 aromatic carbocycles. The molecule has 1 fully saturated rings. The highest BCUT2D eigenvalue weighted by Crippen LogP contribution is 2.17. The molecule has 0 atom stereocenters. The largest absolute Gasteiger partial charge is 0.349 e. The fourth-order valence-corrected chi connectivity index (χ4v) is 3.54. The molecule has 0 saturated carbocycles. The Morgan fingerprint density at radius 2 is 1.88 bits per heavy atom. The summed E-state index contributed by atoms with van der Waals surface area (Å²) in [5.74, 6) is -0.00761. The predicted octanol–water partition coefficient (Wildman–Crippen LogP) is 4.24. The van der Waals surface area contributed by atoms with Gasteiger partial charge in [-0.05, 0) is 62.3 Å². The van der Waals surface area contributed by atoms with Crippen molar-refractivity contribution in [1.82, 2.24) is 10.2 Å². The van der Waals surface area contributed by atoms with E-state index < -0.39 is 0 Å². The maximum absolute atomic E-state index is 12.4. The molecule has 3 rings (SSSR count). The zero-order valence-corrected chi connectivity index (χ0v) is 16.2. The average molecular weight is 388 g/mol. The van der Waals surface area contributed by atoms with Crippen molar-refractivity contribution >= 4 is 40.5 Å². The number of hydrogen-bond donors (Lipinski definition) is 2. The van der Waals surface area contributed by atoms with E-state index in [2.05, 4.69) is 15.5 Å². The van der Waals surface area contributed by atoms with Gasteiger partial charge in [-0.15, -0.1) is 0 Å². The van der Waals surface area contributed by atoms with Crippen LogP contribution in [0.25, 0.3) is 0 Å². The fourth-order valence-electron chi connectivity index (χ4n) is 3.05. The third-order valence-corrected chi connectivity index (χ3v) is 5.07. The SMILES string of the molecule is Cc1cccc(C(=O)NC2CCN(C(=S)Nc3cccc(Cl)c3)CC2)c1. The van der Waals surface area contributed by atoms with Crippen LogP contribution in [0.5, 0.6) is 0 Å². The van der Waals surface area contributed by atoms with Crippen LogP contribution >= 0.6 is 23.8 Å². The monoisotopic (exact) mass is 387 g/mol. The van der Waals surface area contributed by atoms with E-state index in [9.17, 15) is 4.79 Å². The number of carbonyl (C=O) groups is 1. The normalized spacial score (nSPS) is 14.8. The molecular weight excluding hydrogens is 366 g/mol. The molecule has 0 radical (unpaired) electrons. The summed E-state index contributed by atoms with van der Waals surface area (Å²) in [7, 11) is 0. The summed E-state index contributed by atoms with van der Waals surface area (Å²) in [6, 6.07) is 15.3. The smallest absolute Gasteiger partial charge is 0.251 e. The summed E-state index contributed by atoms with van der Waals surface area (Å²) in [5, 5.41) is 7.72. The molecule has 4 nitrogen and oxygen atoms in total. The van der Waals surface area contributed by atoms with Crippen LogP contribution in [0.4, 0.5) is 5.69 Å². The van der Waals surface area contributed by atoms with Crippen molar-refractivity contribution in [2.75, 3.05) is 18.4 Å². The number of nitrogens with zero attached hydrogens (tertiary/aromatic N) is 1. The van der Waals surface area contributed by atoms with E-state index in [1.807, 2.05) is 55.5 Å². The number of likely N-dealkylation sites (tertiary alicyclic amines) is 1. The van der Waals surface area contributed by atoms with Crippen molar-refractivity contribution in [1.29, 1.82) is 0 Å². The fraction of sp³-hybridized carbons (Fsp3) is 0.300. The van der Waals surface area contributed by atoms with Crippen molar-refractivity contribution in [2.24, 2.45) is 0 Å². The van der Waals surface area contributed by atoms with E-state index in [1.54, 1.807) is 0 Å². The topological polar surface area (TPSA) is 44.4 Å². The van der Waals surface area contributed by atoms with Gasteiger partial charge in [-0.1, -0.05) is 35.4 Å². The first-order valence-corrected chi connectivity index (χ1v) is 9.49. The molecule has 6 heteroatoms. The Kier molecular flexibility index (Phi) is 6.12. The van der Waals surface area contributed by atoms with Gasteiger partial charge >= 0.3 is 0 Å². The van der Waals surface area contributed by atoms with Gasteiger partial charge in [-0.3, -0.25) is 4.79 Å². The molecule has 1 amide bonds. The lowest BCUT2D eigenvalue weighted by molar-refractivity contribution is 0.0922. The highest BCUT2D eigenvalue weighted by atomic mass is 35.5. The van der Waals surface area contributed by atoms with E-state index in [0.29, 0.717) is 15.7 Å². The molecule has 26 heavy (non-hydrogen) atoms. The second kappa shape index (κ2) is 8.52. The van der Waals surface area contributed by atoms with Crippen molar-refractivity contribution in [3.8, 4) is 0 Å². The summed E-state index contributed by atoms with van der Waals surface area (Å²) in [5.41, 5.74) is 2.69. The van der Waals surface area contributed by atoms with Crippen molar-refractivity contribution in [3.63, 3.8) is 0 Å². The first-order valence-electron chi connectivity index (χ1n) is 8.70. The lowest BCUT2D eigenvalue weighted by atomic mass is 10.0. The lowest BCUT2D eigenvalue weighted by Crippen LogP contribution is -2.47. The van der Waals surface area contributed by atoms with Gasteiger partial charge in [0.2, 0.25) is 0 Å². The average Bonchev–Trinajstić information content (AvgIpc) is 2.62. The van der Waals surface area contributed by atoms with E-state index >= 15 is 0 Å². The maximum Gasteiger partial charge on any atom is 0.251 e. The van der Waals surface area contributed by atoms with E-state index in [1.165, 1.54) is 0 Å². The van der Waals surface area contributed by atoms with Gasteiger partial charge in [0.25, 0.3) is 5.91 Å². The number of carbonyl (C=O) groups excluding carboxylic acids is 1. The van der Waals surface area contributed by atoms with Gasteiger partial charge in [0, 0.05) is 35.4 Å². The molecule has 0 aliphatic carbocycles. The standard InChI is InChI=1S/C20H22ClN3OS/c1-14-4-2-5-15(12-14)19(25)22-17-8-10-24(11-9-17)20(26)23-18-7-3-6-16(21)13-18/h2-7,12-13,17H,8-11H2,1H3,(H,22,25)(H,23,26). The molecule has 0 spiro atoms. The summed E-state index contributed by atoms with van der Waals surface area (Å²) in [6.07, 6.45) is 1.74. The van der Waals surface area contributed by atoms with Crippen LogP contribution in [0.1, 0.15) is 28.8 Å². The Morgan fingerprint density at radius 3 is 2.58 bits per heavy atom. The van der Waals surface area contributed by atoms with Gasteiger partial charge in [-0.2, -0.15) is 0 Å². The molecular formula is C20H22ClN3OS. The number of thiocarbonyl (C=S) groups is 1. The van der Waals surface area contributed by atoms with Crippen molar-refractivity contribution in [3.05, 3.63) is 64.7 Å². The number of hydrogen-bond acceptors (Lipinski definition) is 2. The van der Waals surface area contributed by atoms with Gasteiger partial charge in [0.15, 0.2) is 5.11 Å². The Bertz CT molecular complexity index is 803. The number of piperidine rings is 1. The first-order chi connectivity index (χ1) is 12.5. The van der Waals surface area contributed by atoms with E-state index in [4.69, 9.17) is 23.8 Å². The summed E-state index contributed by atoms with van der Waals surface area (Å²) in [4.78, 5) is 14.5. The Hall–Kier alpha value is -2.11. The second-order valence-electron chi connectivity index (χ2n) is 6.54. The molecule has 2 N–H and O–H groups in total. The quantitative estimate of drug-likeness (QED) is 0.773. The highest BCUT2D eigenvalue weighted by molar-refractivity contribution is 7.80. The number of aryl methyl sites for hydroxylation is 1. The molecule has 1 aliphatic heterocycles. The molecule has 0 bridgehead atoms. The van der Waals surface area contributed by atoms with Crippen LogP contribution in [-0.4, -0.2) is 35.1 Å². The zero-order valence-electron chi connectivity index (χ0n) is 14.7. The number of nitrogens with one attached hydrogen (secondary N) is 2. The van der Waals surface area contributed by atoms with Gasteiger partial charge < -0.3 is 15.5 Å². The Balaban J connectivity index is 1.49. The predicted molar refractivity (Wildman–Crippen MR) is 111 cm³/mol. The molecule has 0 unspecified atom stereocenters. The minimum absolute atomic E-state index is 0.00761. The molecule has 1 aliphatic rings. The number of rotatable bonds is 3. The number of benzene rings is 2. The van der Waals surface area contributed by atoms with E-state index in [0.717, 1.165) is 37.2 Å². The van der Waals surface area contributed by atoms with Gasteiger partial charge in [0.05, 0.1) is 0 Å². The maximum atomic E-state index is 12.4. The lowest BCUT2D eigenvalue weighted by Gasteiger charge is -2.34. The zero-order chi connectivity index (χ0) is 18.5. The summed E-state index contributed by atoms with van der Waals surface area (Å²) < 4.78 is 0. The van der Waals surface area contributed by atoms with Crippen LogP contribution in [0, 0.1) is 6.92 Å². The minimum Gasteiger partial charge on any atom is -0.349 e. The number of halogens is 1. The summed E-state index contributed by atoms with van der Waals surface area (Å²) >= 11 is 11.5. The number of anilines is 1. The second-order valence-corrected chi connectivity index (χ2v) is 7.37. The highest BCUT2D eigenvalue weighted by Gasteiger charge is 2.22. The van der Waals surface area contributed by atoms with Crippen molar-refractivity contribution in [2.45, 2.75) is 25.8 Å². The van der Waals surface area contributed by atoms with Crippen LogP contribution in [-0.2, 0) is 0 Å². The molecule has 2 aromatic rings. The van der Waals surface area contributed by atoms with Gasteiger partial charge in [-0.25, -0.2) is 0 Å². The minimum atomic E-state index is -0.00761. The van der Waals surface area contributed by atoms with Crippen molar-refractivity contribution < 1.29 is 4.79 Å². The third kappa shape index (κ3) is 4.96. The molecule has 1 saturated heterocycles. The third-order valence-electron chi connectivity index (χ3n) is 4.47. The van der Waals surface area contributed by atoms with Gasteiger partial charge in [0.1, 0.15) is 0 Å². The van der Waals surface area contributed by atoms with Crippen LogP contribution in [0.15, 0.2) is 48.5 Å². The molecule has 1 heterocycles. The van der Waals surface area contributed by atoms with Crippen LogP contribution in [0.3, 0.4) is 0 Å². The molecule has 0 aromatic heterocycles. The van der Waals surface area contributed by atoms with Crippen LogP contribution < -0.4 is 10.6 Å². The first kappa shape index (κ1) is 18.7. The number of amides is 1. The summed E-state index contributed by atoms with van der Waals surface area (Å²) in [6.45, 7) is 3.61. The Morgan fingerprint density at radius 1 is 1.15 bits per heavy atom. The molecule has 136 valence electrons. The van der Waals surface area contributed by atoms with E-state index in [-0.39, 0.29) is 11.9 Å². The Labute approximate surface area is 164 Å². The van der Waals surface area contributed by atoms with Crippen LogP contribution in [0.2, 0.25) is 5.02 Å².